The second-order valence-electron chi connectivity index (χ2n) is 6.72. The van der Waals surface area contributed by atoms with Gasteiger partial charge in [-0.1, -0.05) is 23.8 Å². The molecule has 0 aliphatic heterocycles. The molecule has 3 rings (SSSR count). The maximum Gasteiger partial charge on any atom is 0.343 e. The van der Waals surface area contributed by atoms with Crippen LogP contribution in [0.25, 0.3) is 6.08 Å². The molecular weight excluding hydrogens is 532 g/mol. The average Bonchev–Trinajstić information content (AvgIpc) is 3.23. The first-order chi connectivity index (χ1) is 15.6. The van der Waals surface area contributed by atoms with Crippen molar-refractivity contribution in [3.05, 3.63) is 69.2 Å². The van der Waals surface area contributed by atoms with Gasteiger partial charge in [0, 0.05) is 17.8 Å². The van der Waals surface area contributed by atoms with Crippen LogP contribution in [-0.4, -0.2) is 35.9 Å². The van der Waals surface area contributed by atoms with E-state index in [9.17, 15) is 23.3 Å². The van der Waals surface area contributed by atoms with Crippen molar-refractivity contribution >= 4 is 60.4 Å². The molecule has 1 amide bonds. The Morgan fingerprint density at radius 3 is 2.48 bits per heavy atom. The predicted molar refractivity (Wildman–Crippen MR) is 126 cm³/mol. The third-order valence-corrected chi connectivity index (χ3v) is 6.29. The number of sulfone groups is 1. The standard InChI is InChI=1S/C21H15BrN4O5S2/c1-12-3-6-14(7-4-12)19(28)31-17-8-5-13(10-16(17)22)9-15(11-23)18(27)24-20-25-21(26-32-20)33(2,29)30/h3-10H,1-2H3,(H,24,25,26,27). The molecule has 168 valence electrons. The number of esters is 1. The van der Waals surface area contributed by atoms with Gasteiger partial charge in [0.25, 0.3) is 11.1 Å². The minimum atomic E-state index is -3.61. The number of hydrogen-bond acceptors (Lipinski definition) is 9. The molecule has 0 aliphatic rings. The monoisotopic (exact) mass is 546 g/mol. The number of nitriles is 1. The van der Waals surface area contributed by atoms with E-state index in [1.165, 1.54) is 12.1 Å². The maximum absolute atomic E-state index is 12.4. The van der Waals surface area contributed by atoms with Gasteiger partial charge in [0.05, 0.1) is 10.0 Å². The van der Waals surface area contributed by atoms with Gasteiger partial charge < -0.3 is 4.74 Å². The smallest absolute Gasteiger partial charge is 0.343 e. The van der Waals surface area contributed by atoms with Gasteiger partial charge in [-0.3, -0.25) is 10.1 Å². The minimum Gasteiger partial charge on any atom is -0.422 e. The molecule has 0 atom stereocenters. The predicted octanol–water partition coefficient (Wildman–Crippen LogP) is 3.78. The van der Waals surface area contributed by atoms with Crippen LogP contribution in [-0.2, 0) is 14.6 Å². The van der Waals surface area contributed by atoms with Crippen molar-refractivity contribution in [2.75, 3.05) is 11.6 Å². The lowest BCUT2D eigenvalue weighted by Gasteiger charge is -2.08. The maximum atomic E-state index is 12.4. The Morgan fingerprint density at radius 2 is 1.91 bits per heavy atom. The third-order valence-electron chi connectivity index (χ3n) is 4.08. The normalized spacial score (nSPS) is 11.5. The topological polar surface area (TPSA) is 139 Å². The number of nitrogens with zero attached hydrogens (tertiary/aromatic N) is 3. The molecule has 1 aromatic heterocycles. The molecule has 1 heterocycles. The van der Waals surface area contributed by atoms with Crippen LogP contribution in [0.5, 0.6) is 5.75 Å². The van der Waals surface area contributed by atoms with E-state index in [2.05, 4.69) is 30.6 Å². The van der Waals surface area contributed by atoms with Crippen LogP contribution in [0, 0.1) is 18.3 Å². The number of aromatic nitrogens is 2. The van der Waals surface area contributed by atoms with Crippen LogP contribution in [0.4, 0.5) is 5.13 Å². The van der Waals surface area contributed by atoms with E-state index < -0.39 is 26.9 Å². The summed E-state index contributed by atoms with van der Waals surface area (Å²) in [6.07, 6.45) is 2.27. The van der Waals surface area contributed by atoms with Crippen LogP contribution < -0.4 is 10.1 Å². The molecule has 0 saturated carbocycles. The molecular formula is C21H15BrN4O5S2. The fourth-order valence-corrected chi connectivity index (χ4v) is 4.35. The number of ether oxygens (including phenoxy) is 1. The highest BCUT2D eigenvalue weighted by atomic mass is 79.9. The molecule has 2 aromatic carbocycles. The Morgan fingerprint density at radius 1 is 1.21 bits per heavy atom. The van der Waals surface area contributed by atoms with Crippen LogP contribution in [0.2, 0.25) is 0 Å². The van der Waals surface area contributed by atoms with E-state index in [4.69, 9.17) is 4.74 Å². The number of rotatable bonds is 6. The summed E-state index contributed by atoms with van der Waals surface area (Å²) < 4.78 is 32.4. The lowest BCUT2D eigenvalue weighted by molar-refractivity contribution is -0.112. The van der Waals surface area contributed by atoms with E-state index >= 15 is 0 Å². The van der Waals surface area contributed by atoms with E-state index in [0.717, 1.165) is 11.8 Å². The van der Waals surface area contributed by atoms with Crippen molar-refractivity contribution in [3.63, 3.8) is 0 Å². The van der Waals surface area contributed by atoms with Gasteiger partial charge in [0.1, 0.15) is 17.4 Å². The van der Waals surface area contributed by atoms with Crippen molar-refractivity contribution in [2.24, 2.45) is 0 Å². The Labute approximate surface area is 202 Å². The number of amides is 1. The Bertz CT molecular complexity index is 1410. The molecule has 3 aromatic rings. The summed E-state index contributed by atoms with van der Waals surface area (Å²) in [4.78, 5) is 28.4. The Balaban J connectivity index is 1.74. The van der Waals surface area contributed by atoms with Gasteiger partial charge in [-0.2, -0.15) is 14.6 Å². The number of halogens is 1. The molecule has 0 aliphatic carbocycles. The van der Waals surface area contributed by atoms with Gasteiger partial charge in [-0.25, -0.2) is 13.2 Å². The number of benzene rings is 2. The molecule has 0 unspecified atom stereocenters. The Kier molecular flexibility index (Phi) is 7.37. The minimum absolute atomic E-state index is 0.0545. The number of carbonyl (C=O) groups is 2. The lowest BCUT2D eigenvalue weighted by atomic mass is 10.1. The summed E-state index contributed by atoms with van der Waals surface area (Å²) in [5.41, 5.74) is 1.65. The fraction of sp³-hybridized carbons (Fsp3) is 0.0952. The summed E-state index contributed by atoms with van der Waals surface area (Å²) in [5, 5.41) is 11.3. The highest BCUT2D eigenvalue weighted by molar-refractivity contribution is 9.10. The van der Waals surface area contributed by atoms with E-state index in [0.29, 0.717) is 27.1 Å². The van der Waals surface area contributed by atoms with Gasteiger partial charge in [-0.15, -0.1) is 0 Å². The molecule has 0 fully saturated rings. The van der Waals surface area contributed by atoms with Crippen LogP contribution >= 0.6 is 27.5 Å². The first kappa shape index (κ1) is 24.2. The van der Waals surface area contributed by atoms with Crippen LogP contribution in [0.1, 0.15) is 21.5 Å². The van der Waals surface area contributed by atoms with E-state index in [1.807, 2.05) is 6.92 Å². The van der Waals surface area contributed by atoms with E-state index in [1.54, 1.807) is 42.5 Å². The quantitative estimate of drug-likeness (QED) is 0.213. The summed E-state index contributed by atoms with van der Waals surface area (Å²) in [7, 11) is -3.61. The number of hydrogen-bond donors (Lipinski definition) is 1. The average molecular weight is 547 g/mol. The van der Waals surface area contributed by atoms with E-state index in [-0.39, 0.29) is 16.5 Å². The number of nitrogens with one attached hydrogen (secondary N) is 1. The molecule has 0 bridgehead atoms. The summed E-state index contributed by atoms with van der Waals surface area (Å²) >= 11 is 4.00. The lowest BCUT2D eigenvalue weighted by Crippen LogP contribution is -2.13. The largest absolute Gasteiger partial charge is 0.422 e. The fourth-order valence-electron chi connectivity index (χ4n) is 2.43. The number of aryl methyl sites for hydroxylation is 1. The van der Waals surface area contributed by atoms with Gasteiger partial charge in [-0.05, 0) is 58.8 Å². The van der Waals surface area contributed by atoms with Gasteiger partial charge in [0.2, 0.25) is 15.0 Å². The van der Waals surface area contributed by atoms with Crippen LogP contribution in [0.3, 0.4) is 0 Å². The molecule has 0 radical (unpaired) electrons. The zero-order chi connectivity index (χ0) is 24.2. The summed E-state index contributed by atoms with van der Waals surface area (Å²) in [6, 6.07) is 13.4. The van der Waals surface area contributed by atoms with Gasteiger partial charge >= 0.3 is 5.97 Å². The zero-order valence-corrected chi connectivity index (χ0v) is 20.4. The highest BCUT2D eigenvalue weighted by Gasteiger charge is 2.18. The summed E-state index contributed by atoms with van der Waals surface area (Å²) in [6.45, 7) is 1.91. The molecule has 33 heavy (non-hydrogen) atoms. The van der Waals surface area contributed by atoms with Crippen molar-refractivity contribution in [1.29, 1.82) is 5.26 Å². The van der Waals surface area contributed by atoms with Crippen LogP contribution in [0.15, 0.2) is 57.7 Å². The SMILES string of the molecule is Cc1ccc(C(=O)Oc2ccc(C=C(C#N)C(=O)Nc3nc(S(C)(=O)=O)ns3)cc2Br)cc1. The molecule has 9 nitrogen and oxygen atoms in total. The Hall–Kier alpha value is -3.40. The molecule has 12 heteroatoms. The van der Waals surface area contributed by atoms with Crippen molar-refractivity contribution in [3.8, 4) is 11.8 Å². The first-order valence-corrected chi connectivity index (χ1v) is 12.6. The molecule has 0 spiro atoms. The number of anilines is 1. The summed E-state index contributed by atoms with van der Waals surface area (Å²) in [5.74, 6) is -1.04. The molecule has 1 N–H and O–H groups in total. The first-order valence-electron chi connectivity index (χ1n) is 9.12. The second kappa shape index (κ2) is 10.0. The van der Waals surface area contributed by atoms with Gasteiger partial charge in [0.15, 0.2) is 0 Å². The zero-order valence-electron chi connectivity index (χ0n) is 17.2. The highest BCUT2D eigenvalue weighted by Crippen LogP contribution is 2.28. The van der Waals surface area contributed by atoms with Crippen molar-refractivity contribution < 1.29 is 22.7 Å². The third kappa shape index (κ3) is 6.32. The van der Waals surface area contributed by atoms with Crippen molar-refractivity contribution in [1.82, 2.24) is 9.36 Å². The number of carbonyl (C=O) groups excluding carboxylic acids is 2. The molecule has 0 saturated heterocycles. The second-order valence-corrected chi connectivity index (χ2v) is 10.2. The van der Waals surface area contributed by atoms with Crippen molar-refractivity contribution in [2.45, 2.75) is 12.1 Å².